The minimum Gasteiger partial charge on any atom is -0.497 e. The van der Waals surface area contributed by atoms with Crippen molar-refractivity contribution in [3.05, 3.63) is 59.7 Å². The third-order valence-corrected chi connectivity index (χ3v) is 6.10. The van der Waals surface area contributed by atoms with Crippen LogP contribution in [-0.2, 0) is 15.4 Å². The van der Waals surface area contributed by atoms with Crippen molar-refractivity contribution in [1.82, 2.24) is 4.72 Å². The molecule has 0 bridgehead atoms. The van der Waals surface area contributed by atoms with Gasteiger partial charge < -0.3 is 4.74 Å². The van der Waals surface area contributed by atoms with Crippen LogP contribution in [0.3, 0.4) is 0 Å². The molecule has 1 N–H and O–H groups in total. The molecule has 0 unspecified atom stereocenters. The van der Waals surface area contributed by atoms with Crippen molar-refractivity contribution in [3.8, 4) is 5.75 Å². The monoisotopic (exact) mass is 331 g/mol. The quantitative estimate of drug-likeness (QED) is 0.885. The zero-order valence-electron chi connectivity index (χ0n) is 13.4. The standard InChI is InChI=1S/C18H21NO3S/c1-14-5-3-4-6-17(14)23(20,21)19-13-18(11-12-18)15-7-9-16(22-2)10-8-15/h3-10,19H,11-13H2,1-2H3. The molecule has 5 heteroatoms. The van der Waals surface area contributed by atoms with Crippen LogP contribution in [0.4, 0.5) is 0 Å². The summed E-state index contributed by atoms with van der Waals surface area (Å²) in [4.78, 5) is 0.352. The predicted octanol–water partition coefficient (Wildman–Crippen LogP) is 3.01. The van der Waals surface area contributed by atoms with Crippen molar-refractivity contribution >= 4 is 10.0 Å². The molecule has 0 amide bonds. The minimum absolute atomic E-state index is 0.0813. The summed E-state index contributed by atoms with van der Waals surface area (Å²) in [5, 5.41) is 0. The van der Waals surface area contributed by atoms with Crippen molar-refractivity contribution < 1.29 is 13.2 Å². The molecule has 0 saturated heterocycles. The van der Waals surface area contributed by atoms with Gasteiger partial charge in [0.2, 0.25) is 10.0 Å². The van der Waals surface area contributed by atoms with E-state index in [9.17, 15) is 8.42 Å². The van der Waals surface area contributed by atoms with Crippen LogP contribution in [0.5, 0.6) is 5.75 Å². The van der Waals surface area contributed by atoms with Crippen LogP contribution in [0.1, 0.15) is 24.0 Å². The Balaban J connectivity index is 1.76. The van der Waals surface area contributed by atoms with Crippen molar-refractivity contribution in [1.29, 1.82) is 0 Å². The number of rotatable bonds is 6. The molecule has 0 radical (unpaired) electrons. The van der Waals surface area contributed by atoms with Gasteiger partial charge in [0.05, 0.1) is 12.0 Å². The highest BCUT2D eigenvalue weighted by atomic mass is 32.2. The third-order valence-electron chi connectivity index (χ3n) is 4.54. The number of sulfonamides is 1. The summed E-state index contributed by atoms with van der Waals surface area (Å²) in [5.74, 6) is 0.810. The second-order valence-electron chi connectivity index (χ2n) is 6.10. The van der Waals surface area contributed by atoms with E-state index in [-0.39, 0.29) is 5.41 Å². The van der Waals surface area contributed by atoms with Crippen molar-refractivity contribution in [2.24, 2.45) is 0 Å². The average molecular weight is 331 g/mol. The van der Waals surface area contributed by atoms with E-state index >= 15 is 0 Å². The van der Waals surface area contributed by atoms with Gasteiger partial charge in [0.15, 0.2) is 0 Å². The molecule has 3 rings (SSSR count). The van der Waals surface area contributed by atoms with Crippen molar-refractivity contribution in [3.63, 3.8) is 0 Å². The predicted molar refractivity (Wildman–Crippen MR) is 90.3 cm³/mol. The van der Waals surface area contributed by atoms with Crippen LogP contribution in [0.15, 0.2) is 53.4 Å². The Labute approximate surface area is 137 Å². The third kappa shape index (κ3) is 3.26. The first-order chi connectivity index (χ1) is 11.0. The van der Waals surface area contributed by atoms with E-state index in [1.54, 1.807) is 19.2 Å². The van der Waals surface area contributed by atoms with E-state index in [2.05, 4.69) is 4.72 Å². The van der Waals surface area contributed by atoms with Crippen LogP contribution in [0.25, 0.3) is 0 Å². The van der Waals surface area contributed by atoms with Crippen LogP contribution in [0.2, 0.25) is 0 Å². The Kier molecular flexibility index (Phi) is 4.17. The van der Waals surface area contributed by atoms with Crippen LogP contribution < -0.4 is 9.46 Å². The summed E-state index contributed by atoms with van der Waals surface area (Å²) >= 11 is 0. The lowest BCUT2D eigenvalue weighted by Crippen LogP contribution is -2.32. The first kappa shape index (κ1) is 16.0. The van der Waals surface area contributed by atoms with Crippen LogP contribution >= 0.6 is 0 Å². The van der Waals surface area contributed by atoms with E-state index in [4.69, 9.17) is 4.74 Å². The van der Waals surface area contributed by atoms with Gasteiger partial charge >= 0.3 is 0 Å². The van der Waals surface area contributed by atoms with Gasteiger partial charge in [-0.3, -0.25) is 0 Å². The topological polar surface area (TPSA) is 55.4 Å². The fraction of sp³-hybridized carbons (Fsp3) is 0.333. The summed E-state index contributed by atoms with van der Waals surface area (Å²) in [7, 11) is -1.84. The first-order valence-electron chi connectivity index (χ1n) is 7.67. The number of hydrogen-bond donors (Lipinski definition) is 1. The summed E-state index contributed by atoms with van der Waals surface area (Å²) in [6, 6.07) is 14.9. The number of nitrogens with one attached hydrogen (secondary N) is 1. The Hall–Kier alpha value is -1.85. The lowest BCUT2D eigenvalue weighted by Gasteiger charge is -2.17. The Morgan fingerprint density at radius 3 is 2.30 bits per heavy atom. The van der Waals surface area contributed by atoms with Gasteiger partial charge in [0, 0.05) is 12.0 Å². The van der Waals surface area contributed by atoms with E-state index in [0.717, 1.165) is 29.7 Å². The molecule has 0 aromatic heterocycles. The smallest absolute Gasteiger partial charge is 0.240 e. The molecule has 0 heterocycles. The highest BCUT2D eigenvalue weighted by Gasteiger charge is 2.44. The average Bonchev–Trinajstić information content (AvgIpc) is 3.35. The molecular formula is C18H21NO3S. The van der Waals surface area contributed by atoms with Crippen LogP contribution in [0, 0.1) is 6.92 Å². The number of methoxy groups -OCH3 is 1. The number of aryl methyl sites for hydroxylation is 1. The van der Waals surface area contributed by atoms with Gasteiger partial charge in [0.25, 0.3) is 0 Å². The van der Waals surface area contributed by atoms with E-state index < -0.39 is 10.0 Å². The van der Waals surface area contributed by atoms with Crippen LogP contribution in [-0.4, -0.2) is 22.1 Å². The van der Waals surface area contributed by atoms with E-state index in [0.29, 0.717) is 11.4 Å². The SMILES string of the molecule is COc1ccc(C2(CNS(=O)(=O)c3ccccc3C)CC2)cc1. The summed E-state index contributed by atoms with van der Waals surface area (Å²) in [6.07, 6.45) is 1.99. The summed E-state index contributed by atoms with van der Waals surface area (Å²) in [5.41, 5.74) is 1.84. The molecule has 2 aromatic carbocycles. The molecule has 1 fully saturated rings. The molecule has 0 spiro atoms. The van der Waals surface area contributed by atoms with Gasteiger partial charge in [-0.1, -0.05) is 30.3 Å². The first-order valence-corrected chi connectivity index (χ1v) is 9.15. The van der Waals surface area contributed by atoms with Crippen molar-refractivity contribution in [2.45, 2.75) is 30.1 Å². The maximum absolute atomic E-state index is 12.5. The lowest BCUT2D eigenvalue weighted by atomic mass is 9.96. The molecule has 0 atom stereocenters. The fourth-order valence-electron chi connectivity index (χ4n) is 2.83. The molecule has 1 aliphatic rings. The number of ether oxygens (including phenoxy) is 1. The molecule has 0 aliphatic heterocycles. The Morgan fingerprint density at radius 1 is 1.09 bits per heavy atom. The normalized spacial score (nSPS) is 16.1. The maximum atomic E-state index is 12.5. The molecule has 1 saturated carbocycles. The molecule has 122 valence electrons. The highest BCUT2D eigenvalue weighted by Crippen LogP contribution is 2.48. The fourth-order valence-corrected chi connectivity index (χ4v) is 4.20. The summed E-state index contributed by atoms with van der Waals surface area (Å²) in [6.45, 7) is 2.24. The van der Waals surface area contributed by atoms with Gasteiger partial charge in [-0.15, -0.1) is 0 Å². The largest absolute Gasteiger partial charge is 0.497 e. The molecular weight excluding hydrogens is 310 g/mol. The maximum Gasteiger partial charge on any atom is 0.240 e. The lowest BCUT2D eigenvalue weighted by molar-refractivity contribution is 0.414. The molecule has 2 aromatic rings. The highest BCUT2D eigenvalue weighted by molar-refractivity contribution is 7.89. The molecule has 1 aliphatic carbocycles. The van der Waals surface area contributed by atoms with Gasteiger partial charge in [-0.25, -0.2) is 13.1 Å². The zero-order chi connectivity index (χ0) is 16.5. The second-order valence-corrected chi connectivity index (χ2v) is 7.83. The van der Waals surface area contributed by atoms with E-state index in [1.807, 2.05) is 43.3 Å². The molecule has 4 nitrogen and oxygen atoms in total. The minimum atomic E-state index is -3.48. The zero-order valence-corrected chi connectivity index (χ0v) is 14.2. The second kappa shape index (κ2) is 5.98. The number of benzene rings is 2. The Bertz CT molecular complexity index is 793. The van der Waals surface area contributed by atoms with E-state index in [1.165, 1.54) is 0 Å². The molecule has 23 heavy (non-hydrogen) atoms. The Morgan fingerprint density at radius 2 is 1.74 bits per heavy atom. The van der Waals surface area contributed by atoms with Crippen molar-refractivity contribution in [2.75, 3.05) is 13.7 Å². The van der Waals surface area contributed by atoms with Gasteiger partial charge in [0.1, 0.15) is 5.75 Å². The summed E-state index contributed by atoms with van der Waals surface area (Å²) < 4.78 is 33.0. The van der Waals surface area contributed by atoms with Gasteiger partial charge in [-0.05, 0) is 49.1 Å². The van der Waals surface area contributed by atoms with Gasteiger partial charge in [-0.2, -0.15) is 0 Å². The number of hydrogen-bond acceptors (Lipinski definition) is 3.